The van der Waals surface area contributed by atoms with Gasteiger partial charge >= 0.3 is 6.09 Å². The molecule has 1 rings (SSSR count). The van der Waals surface area contributed by atoms with Crippen molar-refractivity contribution in [1.29, 1.82) is 0 Å². The Labute approximate surface area is 119 Å². The predicted molar refractivity (Wildman–Crippen MR) is 79.7 cm³/mol. The lowest BCUT2D eigenvalue weighted by atomic mass is 9.90. The number of anilines is 1. The molecular formula is C14H24N2O2S. The van der Waals surface area contributed by atoms with E-state index in [-0.39, 0.29) is 0 Å². The van der Waals surface area contributed by atoms with Crippen LogP contribution in [-0.4, -0.2) is 16.7 Å². The Balaban J connectivity index is 2.49. The van der Waals surface area contributed by atoms with Gasteiger partial charge in [-0.1, -0.05) is 20.8 Å². The number of ether oxygens (including phenoxy) is 1. The molecule has 1 N–H and O–H groups in total. The number of rotatable bonds is 3. The van der Waals surface area contributed by atoms with E-state index in [0.29, 0.717) is 10.5 Å². The van der Waals surface area contributed by atoms with Crippen LogP contribution in [0.5, 0.6) is 0 Å². The van der Waals surface area contributed by atoms with E-state index in [0.717, 1.165) is 18.5 Å². The first-order chi connectivity index (χ1) is 8.55. The third kappa shape index (κ3) is 7.15. The Hall–Kier alpha value is -1.10. The zero-order chi connectivity index (χ0) is 14.7. The number of carbonyl (C=O) groups excluding carboxylic acids is 1. The number of nitrogens with zero attached hydrogens (tertiary/aromatic N) is 1. The van der Waals surface area contributed by atoms with Crippen LogP contribution in [0.1, 0.15) is 53.7 Å². The zero-order valence-electron chi connectivity index (χ0n) is 12.7. The van der Waals surface area contributed by atoms with Crippen LogP contribution >= 0.6 is 11.3 Å². The second-order valence-corrected chi connectivity index (χ2v) is 7.69. The van der Waals surface area contributed by atoms with Gasteiger partial charge in [0.2, 0.25) is 0 Å². The van der Waals surface area contributed by atoms with Gasteiger partial charge in [0, 0.05) is 5.38 Å². The molecule has 0 saturated heterocycles. The number of aryl methyl sites for hydroxylation is 1. The average Bonchev–Trinajstić information content (AvgIpc) is 2.58. The van der Waals surface area contributed by atoms with E-state index in [9.17, 15) is 4.79 Å². The number of hydrogen-bond donors (Lipinski definition) is 1. The maximum Gasteiger partial charge on any atom is 0.413 e. The summed E-state index contributed by atoms with van der Waals surface area (Å²) in [7, 11) is 0. The lowest BCUT2D eigenvalue weighted by Gasteiger charge is -2.19. The Bertz CT molecular complexity index is 427. The Kier molecular flexibility index (Phi) is 4.96. The smallest absolute Gasteiger partial charge is 0.413 e. The van der Waals surface area contributed by atoms with Crippen LogP contribution in [0.3, 0.4) is 0 Å². The minimum atomic E-state index is -0.490. The van der Waals surface area contributed by atoms with Gasteiger partial charge in [-0.05, 0) is 39.0 Å². The number of hydrogen-bond acceptors (Lipinski definition) is 4. The molecule has 0 saturated carbocycles. The molecule has 4 nitrogen and oxygen atoms in total. The van der Waals surface area contributed by atoms with Crippen molar-refractivity contribution in [3.63, 3.8) is 0 Å². The van der Waals surface area contributed by atoms with E-state index in [2.05, 4.69) is 31.1 Å². The second-order valence-electron chi connectivity index (χ2n) is 6.83. The summed E-state index contributed by atoms with van der Waals surface area (Å²) >= 11 is 1.43. The molecule has 0 bridgehead atoms. The van der Waals surface area contributed by atoms with Gasteiger partial charge in [0.15, 0.2) is 5.13 Å². The quantitative estimate of drug-likeness (QED) is 0.891. The highest BCUT2D eigenvalue weighted by Gasteiger charge is 2.17. The summed E-state index contributed by atoms with van der Waals surface area (Å²) in [6.45, 7) is 12.1. The lowest BCUT2D eigenvalue weighted by molar-refractivity contribution is 0.0636. The van der Waals surface area contributed by atoms with Crippen LogP contribution < -0.4 is 5.32 Å². The molecule has 1 aromatic rings. The molecule has 0 aromatic carbocycles. The zero-order valence-corrected chi connectivity index (χ0v) is 13.5. The van der Waals surface area contributed by atoms with E-state index in [1.165, 1.54) is 11.3 Å². The Morgan fingerprint density at radius 1 is 1.32 bits per heavy atom. The van der Waals surface area contributed by atoms with E-state index in [1.54, 1.807) is 0 Å². The fourth-order valence-corrected chi connectivity index (χ4v) is 2.10. The van der Waals surface area contributed by atoms with Gasteiger partial charge < -0.3 is 4.74 Å². The molecule has 0 atom stereocenters. The van der Waals surface area contributed by atoms with Crippen molar-refractivity contribution in [2.24, 2.45) is 5.41 Å². The van der Waals surface area contributed by atoms with Gasteiger partial charge in [-0.15, -0.1) is 11.3 Å². The van der Waals surface area contributed by atoms with Crippen LogP contribution in [0.4, 0.5) is 9.93 Å². The first kappa shape index (κ1) is 16.0. The maximum atomic E-state index is 11.6. The van der Waals surface area contributed by atoms with E-state index < -0.39 is 11.7 Å². The highest BCUT2D eigenvalue weighted by Crippen LogP contribution is 2.23. The molecule has 0 aliphatic heterocycles. The molecule has 1 heterocycles. The monoisotopic (exact) mass is 284 g/mol. The van der Waals surface area contributed by atoms with Crippen LogP contribution in [0.25, 0.3) is 0 Å². The SMILES string of the molecule is CC(C)(C)CCc1csc(NC(=O)OC(C)(C)C)n1. The van der Waals surface area contributed by atoms with Crippen molar-refractivity contribution >= 4 is 22.6 Å². The summed E-state index contributed by atoms with van der Waals surface area (Å²) < 4.78 is 5.18. The first-order valence-corrected chi connectivity index (χ1v) is 7.37. The van der Waals surface area contributed by atoms with Crippen LogP contribution in [0.15, 0.2) is 5.38 Å². The molecule has 19 heavy (non-hydrogen) atoms. The standard InChI is InChI=1S/C14H24N2O2S/c1-13(2,3)8-7-10-9-19-11(15-10)16-12(17)18-14(4,5)6/h9H,7-8H2,1-6H3,(H,15,16,17). The molecule has 0 fully saturated rings. The molecule has 1 amide bonds. The highest BCUT2D eigenvalue weighted by atomic mass is 32.1. The number of carbonyl (C=O) groups is 1. The Morgan fingerprint density at radius 2 is 1.95 bits per heavy atom. The number of thiazole rings is 1. The van der Waals surface area contributed by atoms with E-state index in [4.69, 9.17) is 4.74 Å². The minimum Gasteiger partial charge on any atom is -0.444 e. The normalized spacial score (nSPS) is 12.3. The molecule has 0 aliphatic rings. The third-order valence-electron chi connectivity index (χ3n) is 2.29. The third-order valence-corrected chi connectivity index (χ3v) is 3.10. The van der Waals surface area contributed by atoms with Gasteiger partial charge in [0.25, 0.3) is 0 Å². The predicted octanol–water partition coefficient (Wildman–Crippen LogP) is 4.47. The molecule has 108 valence electrons. The van der Waals surface area contributed by atoms with Gasteiger partial charge in [-0.3, -0.25) is 5.32 Å². The molecule has 0 spiro atoms. The van der Waals surface area contributed by atoms with Gasteiger partial charge in [-0.25, -0.2) is 9.78 Å². The summed E-state index contributed by atoms with van der Waals surface area (Å²) in [6.07, 6.45) is 1.54. The number of amides is 1. The van der Waals surface area contributed by atoms with Crippen molar-refractivity contribution in [3.8, 4) is 0 Å². The molecular weight excluding hydrogens is 260 g/mol. The lowest BCUT2D eigenvalue weighted by Crippen LogP contribution is -2.27. The summed E-state index contributed by atoms with van der Waals surface area (Å²) in [5.41, 5.74) is 0.824. The highest BCUT2D eigenvalue weighted by molar-refractivity contribution is 7.13. The summed E-state index contributed by atoms with van der Waals surface area (Å²) in [5, 5.41) is 5.24. The van der Waals surface area contributed by atoms with Gasteiger partial charge in [-0.2, -0.15) is 0 Å². The molecule has 0 aliphatic carbocycles. The van der Waals surface area contributed by atoms with Crippen molar-refractivity contribution < 1.29 is 9.53 Å². The van der Waals surface area contributed by atoms with Crippen LogP contribution in [0.2, 0.25) is 0 Å². The van der Waals surface area contributed by atoms with E-state index in [1.807, 2.05) is 26.2 Å². The first-order valence-electron chi connectivity index (χ1n) is 6.50. The fraction of sp³-hybridized carbons (Fsp3) is 0.714. The van der Waals surface area contributed by atoms with Crippen molar-refractivity contribution in [2.45, 2.75) is 60.0 Å². The fourth-order valence-electron chi connectivity index (χ4n) is 1.37. The Morgan fingerprint density at radius 3 is 2.47 bits per heavy atom. The topological polar surface area (TPSA) is 51.2 Å². The molecule has 0 radical (unpaired) electrons. The summed E-state index contributed by atoms with van der Waals surface area (Å²) in [5.74, 6) is 0. The van der Waals surface area contributed by atoms with Crippen molar-refractivity contribution in [3.05, 3.63) is 11.1 Å². The minimum absolute atomic E-state index is 0.294. The average molecular weight is 284 g/mol. The van der Waals surface area contributed by atoms with Gasteiger partial charge in [0.05, 0.1) is 5.69 Å². The van der Waals surface area contributed by atoms with E-state index >= 15 is 0 Å². The molecule has 0 unspecified atom stereocenters. The number of aromatic nitrogens is 1. The summed E-state index contributed by atoms with van der Waals surface area (Å²) in [6, 6.07) is 0. The molecule has 1 aromatic heterocycles. The largest absolute Gasteiger partial charge is 0.444 e. The summed E-state index contributed by atoms with van der Waals surface area (Å²) in [4.78, 5) is 16.0. The van der Waals surface area contributed by atoms with Crippen molar-refractivity contribution in [1.82, 2.24) is 4.98 Å². The van der Waals surface area contributed by atoms with Crippen LogP contribution in [-0.2, 0) is 11.2 Å². The van der Waals surface area contributed by atoms with Crippen molar-refractivity contribution in [2.75, 3.05) is 5.32 Å². The van der Waals surface area contributed by atoms with Gasteiger partial charge in [0.1, 0.15) is 5.60 Å². The van der Waals surface area contributed by atoms with Crippen LogP contribution in [0, 0.1) is 5.41 Å². The second kappa shape index (κ2) is 5.90. The number of nitrogens with one attached hydrogen (secondary N) is 1. The molecule has 5 heteroatoms. The maximum absolute atomic E-state index is 11.6.